The Morgan fingerprint density at radius 3 is 2.91 bits per heavy atom. The van der Waals surface area contributed by atoms with Gasteiger partial charge in [-0.05, 0) is 37.0 Å². The number of aromatic nitrogens is 2. The number of carbonyl (C=O) groups is 1. The summed E-state index contributed by atoms with van der Waals surface area (Å²) in [6.07, 6.45) is 10.1. The number of hydrogen-bond acceptors (Lipinski definition) is 2. The number of nitrogens with one attached hydrogen (secondary N) is 1. The maximum absolute atomic E-state index is 11.9. The average molecular weight is 376 g/mol. The van der Waals surface area contributed by atoms with Gasteiger partial charge in [-0.15, -0.1) is 0 Å². The molecule has 1 aromatic heterocycles. The van der Waals surface area contributed by atoms with Crippen molar-refractivity contribution in [3.05, 3.63) is 41.1 Å². The summed E-state index contributed by atoms with van der Waals surface area (Å²) in [4.78, 5) is 11.9. The third-order valence-electron chi connectivity index (χ3n) is 4.30. The summed E-state index contributed by atoms with van der Waals surface area (Å²) in [6, 6.07) is 8.59. The molecular weight excluding hydrogens is 354 g/mol. The molecule has 23 heavy (non-hydrogen) atoms. The van der Waals surface area contributed by atoms with Crippen LogP contribution in [0.4, 0.5) is 0 Å². The van der Waals surface area contributed by atoms with E-state index in [9.17, 15) is 4.79 Å². The highest BCUT2D eigenvalue weighted by Gasteiger charge is 2.16. The van der Waals surface area contributed by atoms with E-state index >= 15 is 0 Å². The monoisotopic (exact) mass is 375 g/mol. The first kappa shape index (κ1) is 16.2. The summed E-state index contributed by atoms with van der Waals surface area (Å²) in [7, 11) is 0. The highest BCUT2D eigenvalue weighted by molar-refractivity contribution is 9.10. The fourth-order valence-corrected chi connectivity index (χ4v) is 3.47. The van der Waals surface area contributed by atoms with Crippen LogP contribution in [0.25, 0.3) is 11.1 Å². The molecule has 0 saturated heterocycles. The molecule has 0 unspecified atom stereocenters. The van der Waals surface area contributed by atoms with Crippen LogP contribution in [0.1, 0.15) is 38.5 Å². The Kier molecular flexibility index (Phi) is 5.49. The topological polar surface area (TPSA) is 46.9 Å². The molecule has 1 amide bonds. The van der Waals surface area contributed by atoms with Crippen molar-refractivity contribution in [3.8, 4) is 11.1 Å². The van der Waals surface area contributed by atoms with E-state index in [0.29, 0.717) is 12.5 Å². The highest BCUT2D eigenvalue weighted by atomic mass is 79.9. The predicted octanol–water partition coefficient (Wildman–Crippen LogP) is 4.15. The lowest BCUT2D eigenvalue weighted by Crippen LogP contribution is -2.32. The lowest BCUT2D eigenvalue weighted by molar-refractivity contribution is -0.121. The SMILES string of the molecule is O=C(CCCn1cc(-c2cccc(Br)c2)cn1)NC1CCCC1. The van der Waals surface area contributed by atoms with Gasteiger partial charge in [0.1, 0.15) is 0 Å². The van der Waals surface area contributed by atoms with Crippen molar-refractivity contribution in [2.75, 3.05) is 0 Å². The molecule has 1 heterocycles. The second-order valence-corrected chi connectivity index (χ2v) is 7.07. The first-order chi connectivity index (χ1) is 11.2. The highest BCUT2D eigenvalue weighted by Crippen LogP contribution is 2.22. The van der Waals surface area contributed by atoms with E-state index in [0.717, 1.165) is 41.4 Å². The molecule has 0 radical (unpaired) electrons. The van der Waals surface area contributed by atoms with E-state index in [1.807, 2.05) is 29.2 Å². The molecule has 2 aromatic rings. The normalized spacial score (nSPS) is 15.0. The summed E-state index contributed by atoms with van der Waals surface area (Å²) in [6.45, 7) is 0.770. The molecule has 122 valence electrons. The molecule has 0 aliphatic heterocycles. The first-order valence-corrected chi connectivity index (χ1v) is 9.08. The van der Waals surface area contributed by atoms with Crippen LogP contribution >= 0.6 is 15.9 Å². The van der Waals surface area contributed by atoms with E-state index in [-0.39, 0.29) is 5.91 Å². The summed E-state index contributed by atoms with van der Waals surface area (Å²) >= 11 is 3.49. The third-order valence-corrected chi connectivity index (χ3v) is 4.80. The zero-order valence-electron chi connectivity index (χ0n) is 13.2. The Hall–Kier alpha value is -1.62. The molecule has 5 heteroatoms. The zero-order chi connectivity index (χ0) is 16.1. The van der Waals surface area contributed by atoms with Crippen LogP contribution < -0.4 is 5.32 Å². The number of benzene rings is 1. The predicted molar refractivity (Wildman–Crippen MR) is 95.0 cm³/mol. The van der Waals surface area contributed by atoms with Crippen molar-refractivity contribution in [2.45, 2.75) is 51.1 Å². The maximum Gasteiger partial charge on any atom is 0.220 e. The molecule has 1 aromatic carbocycles. The Morgan fingerprint density at radius 2 is 2.13 bits per heavy atom. The standard InChI is InChI=1S/C18H22BrN3O/c19-16-6-3-5-14(11-16)15-12-20-22(13-15)10-4-9-18(23)21-17-7-1-2-8-17/h3,5-6,11-13,17H,1-2,4,7-10H2,(H,21,23). The number of halogens is 1. The van der Waals surface area contributed by atoms with Crippen LogP contribution in [0, 0.1) is 0 Å². The average Bonchev–Trinajstić information content (AvgIpc) is 3.19. The first-order valence-electron chi connectivity index (χ1n) is 8.28. The summed E-state index contributed by atoms with van der Waals surface area (Å²) in [5, 5.41) is 7.52. The molecule has 1 aliphatic rings. The number of amides is 1. The van der Waals surface area contributed by atoms with Gasteiger partial charge in [0.2, 0.25) is 5.91 Å². The third kappa shape index (κ3) is 4.67. The smallest absolute Gasteiger partial charge is 0.220 e. The molecule has 0 atom stereocenters. The van der Waals surface area contributed by atoms with Crippen molar-refractivity contribution in [1.29, 1.82) is 0 Å². The Labute approximate surface area is 145 Å². The Morgan fingerprint density at radius 1 is 1.30 bits per heavy atom. The number of nitrogens with zero attached hydrogens (tertiary/aromatic N) is 2. The molecule has 1 fully saturated rings. The quantitative estimate of drug-likeness (QED) is 0.823. The van der Waals surface area contributed by atoms with Gasteiger partial charge < -0.3 is 5.32 Å². The minimum absolute atomic E-state index is 0.177. The Balaban J connectivity index is 1.46. The molecule has 0 spiro atoms. The van der Waals surface area contributed by atoms with Crippen LogP contribution in [-0.4, -0.2) is 21.7 Å². The van der Waals surface area contributed by atoms with Gasteiger partial charge in [0.05, 0.1) is 6.20 Å². The van der Waals surface area contributed by atoms with Crippen LogP contribution in [0.2, 0.25) is 0 Å². The van der Waals surface area contributed by atoms with E-state index in [1.54, 1.807) is 0 Å². The Bertz CT molecular complexity index is 662. The van der Waals surface area contributed by atoms with E-state index < -0.39 is 0 Å². The summed E-state index contributed by atoms with van der Waals surface area (Å²) in [5.41, 5.74) is 2.24. The fourth-order valence-electron chi connectivity index (χ4n) is 3.07. The van der Waals surface area contributed by atoms with Gasteiger partial charge in [0.15, 0.2) is 0 Å². The van der Waals surface area contributed by atoms with Gasteiger partial charge in [-0.1, -0.05) is 40.9 Å². The second kappa shape index (κ2) is 7.77. The summed E-state index contributed by atoms with van der Waals surface area (Å²) < 4.78 is 2.98. The second-order valence-electron chi connectivity index (χ2n) is 6.15. The molecule has 3 rings (SSSR count). The molecule has 1 N–H and O–H groups in total. The van der Waals surface area contributed by atoms with Crippen molar-refractivity contribution in [1.82, 2.24) is 15.1 Å². The van der Waals surface area contributed by atoms with Crippen LogP contribution in [0.15, 0.2) is 41.1 Å². The molecule has 1 aliphatic carbocycles. The van der Waals surface area contributed by atoms with Gasteiger partial charge in [-0.25, -0.2) is 0 Å². The molecule has 1 saturated carbocycles. The van der Waals surface area contributed by atoms with Crippen molar-refractivity contribution >= 4 is 21.8 Å². The largest absolute Gasteiger partial charge is 0.353 e. The lowest BCUT2D eigenvalue weighted by atomic mass is 10.1. The van der Waals surface area contributed by atoms with Crippen molar-refractivity contribution in [2.24, 2.45) is 0 Å². The minimum Gasteiger partial charge on any atom is -0.353 e. The van der Waals surface area contributed by atoms with Gasteiger partial charge in [-0.3, -0.25) is 9.48 Å². The molecular formula is C18H22BrN3O. The van der Waals surface area contributed by atoms with E-state index in [4.69, 9.17) is 0 Å². The van der Waals surface area contributed by atoms with Crippen molar-refractivity contribution < 1.29 is 4.79 Å². The lowest BCUT2D eigenvalue weighted by Gasteiger charge is -2.11. The van der Waals surface area contributed by atoms with Gasteiger partial charge in [-0.2, -0.15) is 5.10 Å². The van der Waals surface area contributed by atoms with Gasteiger partial charge in [0, 0.05) is 35.2 Å². The minimum atomic E-state index is 0.177. The zero-order valence-corrected chi connectivity index (χ0v) is 14.8. The van der Waals surface area contributed by atoms with Gasteiger partial charge >= 0.3 is 0 Å². The van der Waals surface area contributed by atoms with Crippen LogP contribution in [-0.2, 0) is 11.3 Å². The summed E-state index contributed by atoms with van der Waals surface area (Å²) in [5.74, 6) is 0.177. The number of rotatable bonds is 6. The molecule has 0 bridgehead atoms. The maximum atomic E-state index is 11.9. The number of aryl methyl sites for hydroxylation is 1. The van der Waals surface area contributed by atoms with E-state index in [2.05, 4.69) is 38.5 Å². The molecule has 4 nitrogen and oxygen atoms in total. The van der Waals surface area contributed by atoms with Gasteiger partial charge in [0.25, 0.3) is 0 Å². The number of hydrogen-bond donors (Lipinski definition) is 1. The van der Waals surface area contributed by atoms with Crippen LogP contribution in [0.3, 0.4) is 0 Å². The van der Waals surface area contributed by atoms with E-state index in [1.165, 1.54) is 12.8 Å². The number of carbonyl (C=O) groups excluding carboxylic acids is 1. The fraction of sp³-hybridized carbons (Fsp3) is 0.444. The van der Waals surface area contributed by atoms with Crippen LogP contribution in [0.5, 0.6) is 0 Å². The van der Waals surface area contributed by atoms with Crippen molar-refractivity contribution in [3.63, 3.8) is 0 Å².